The highest BCUT2D eigenvalue weighted by Gasteiger charge is 2.53. The van der Waals surface area contributed by atoms with E-state index in [1.165, 1.54) is 11.9 Å². The summed E-state index contributed by atoms with van der Waals surface area (Å²) in [6.45, 7) is 9.39. The molecule has 7 heterocycles. The van der Waals surface area contributed by atoms with Crippen molar-refractivity contribution in [3.63, 3.8) is 0 Å². The average Bonchev–Trinajstić information content (AvgIpc) is 3.78. The van der Waals surface area contributed by atoms with Crippen molar-refractivity contribution in [1.29, 1.82) is 0 Å². The lowest BCUT2D eigenvalue weighted by Crippen LogP contribution is -2.50. The highest BCUT2D eigenvalue weighted by molar-refractivity contribution is 7.85. The fourth-order valence-electron chi connectivity index (χ4n) is 10.1. The van der Waals surface area contributed by atoms with Gasteiger partial charge < -0.3 is 45.3 Å². The van der Waals surface area contributed by atoms with Crippen molar-refractivity contribution in [2.45, 2.75) is 115 Å². The molecular weight excluding hydrogens is 896 g/mol. The minimum Gasteiger partial charge on any atom is -0.748 e. The summed E-state index contributed by atoms with van der Waals surface area (Å²) in [4.78, 5) is 43.0. The van der Waals surface area contributed by atoms with Crippen LogP contribution in [0.3, 0.4) is 0 Å². The van der Waals surface area contributed by atoms with Crippen LogP contribution < -0.4 is 41.3 Å². The van der Waals surface area contributed by atoms with Crippen LogP contribution in [-0.2, 0) is 39.7 Å². The maximum absolute atomic E-state index is 13.1. The Kier molecular flexibility index (Phi) is 12.9. The second-order valence-corrected chi connectivity index (χ2v) is 21.1. The number of hydrogen-bond acceptors (Lipinski definition) is 17. The number of nitrogen functional groups attached to an aromatic ring is 1. The lowest BCUT2D eigenvalue weighted by Gasteiger charge is -2.48. The summed E-state index contributed by atoms with van der Waals surface area (Å²) < 4.78 is 75.0. The Labute approximate surface area is 381 Å². The molecule has 5 aliphatic heterocycles. The number of aliphatic hydroxyl groups excluding tert-OH is 1. The Hall–Kier alpha value is -4.80. The van der Waals surface area contributed by atoms with Crippen LogP contribution in [0.1, 0.15) is 95.4 Å². The van der Waals surface area contributed by atoms with E-state index in [9.17, 15) is 32.3 Å². The molecule has 21 nitrogen and oxygen atoms in total. The molecule has 2 fully saturated rings. The van der Waals surface area contributed by atoms with Gasteiger partial charge in [0.15, 0.2) is 34.7 Å². The third-order valence-electron chi connectivity index (χ3n) is 13.2. The van der Waals surface area contributed by atoms with Crippen LogP contribution in [-0.4, -0.2) is 117 Å². The molecule has 4 aromatic rings. The summed E-state index contributed by atoms with van der Waals surface area (Å²) in [7, 11) is -8.86. The molecule has 2 aromatic carbocycles. The number of carbonyl (C=O) groups excluding carboxylic acids is 1. The zero-order valence-corrected chi connectivity index (χ0v) is 38.9. The number of phosphoric ester groups is 1. The molecule has 5 aliphatic rings. The molecule has 6 N–H and O–H groups in total. The van der Waals surface area contributed by atoms with Crippen LogP contribution in [0.4, 0.5) is 23.1 Å². The van der Waals surface area contributed by atoms with E-state index in [1.54, 1.807) is 4.57 Å². The van der Waals surface area contributed by atoms with Gasteiger partial charge in [0.05, 0.1) is 22.8 Å². The molecule has 0 bridgehead atoms. The predicted molar refractivity (Wildman–Crippen MR) is 241 cm³/mol. The number of phosphoric acid groups is 1. The molecule has 1 amide bonds. The lowest BCUT2D eigenvalue weighted by atomic mass is 9.79. The number of nitrogens with zero attached hydrogens (tertiary/aromatic N) is 7. The number of rotatable bonds is 16. The standard InChI is InChI=1S/C43H57N10O11PS/c1-4-51-15-9-11-25-17-28-32(19-30(25)51)62-33-20-31-27(18-29(33)49-28)26(23-66(58,59)60)21-43(2,3)52(31)16-10-12-35(54)45-13-7-5-6-8-14-46-42-50-36-39(44)47-24-48-40(36)53(42)41-37(55)38-34(63-41)22-61-65(56,57)64-38/h17-20,24,26,34,37-38,41,44,49,55H,4-16,21-23H2,1-3H3,(H3,45,54,56,57,58,59,60)/t26?,34-,37-,38-,41-/m1/s1. The third kappa shape index (κ3) is 9.51. The molecule has 356 valence electrons. The molecule has 2 unspecified atom stereocenters. The number of nitrogens with one attached hydrogen (secondary N) is 2. The molecule has 23 heteroatoms. The number of nitrogens with two attached hydrogens (primary N) is 1. The van der Waals surface area contributed by atoms with E-state index in [1.807, 2.05) is 26.0 Å². The largest absolute Gasteiger partial charge is 0.748 e. The third-order valence-corrected chi connectivity index (χ3v) is 15.0. The molecule has 6 atom stereocenters. The molecule has 2 saturated heterocycles. The van der Waals surface area contributed by atoms with Gasteiger partial charge in [0.2, 0.25) is 17.2 Å². The lowest BCUT2D eigenvalue weighted by molar-refractivity contribution is -0.121. The summed E-state index contributed by atoms with van der Waals surface area (Å²) in [5.74, 6) is 0.572. The Balaban J connectivity index is 0.778. The second-order valence-electron chi connectivity index (χ2n) is 18.2. The normalized spacial score (nSPS) is 25.2. The van der Waals surface area contributed by atoms with Gasteiger partial charge in [-0.25, -0.2) is 37.5 Å². The van der Waals surface area contributed by atoms with Crippen molar-refractivity contribution in [1.82, 2.24) is 29.4 Å². The number of imidazole rings is 1. The number of aryl methyl sites for hydroxylation is 1. The predicted octanol–water partition coefficient (Wildman–Crippen LogP) is 2.88. The van der Waals surface area contributed by atoms with E-state index >= 15 is 0 Å². The highest BCUT2D eigenvalue weighted by Crippen LogP contribution is 2.53. The SMILES string of the molecule is CC[N+]1=c2cc3c(cc2CCC1)=Nc1cc2c(cc1O3)N(CCCC(=O)NCCCCCCNc1nc3c(N)ncnc3n1[C@@H]1O[C@@H]3COP(=O)(O)O[C@H]3[C@H]1O)C(C)(C)CC2CS(=O)(=O)[O-]. The molecule has 0 saturated carbocycles. The number of aliphatic hydroxyl groups is 1. The van der Waals surface area contributed by atoms with Crippen LogP contribution in [0.2, 0.25) is 0 Å². The van der Waals surface area contributed by atoms with Gasteiger partial charge in [-0.1, -0.05) is 12.8 Å². The summed E-state index contributed by atoms with van der Waals surface area (Å²) >= 11 is 0. The van der Waals surface area contributed by atoms with Crippen LogP contribution in [0.5, 0.6) is 11.5 Å². The Bertz CT molecular complexity index is 2830. The fourth-order valence-corrected chi connectivity index (χ4v) is 11.8. The highest BCUT2D eigenvalue weighted by atomic mass is 32.2. The van der Waals surface area contributed by atoms with E-state index in [0.29, 0.717) is 73.2 Å². The quantitative estimate of drug-likeness (QED) is 0.0411. The number of fused-ring (bicyclic) bond motifs is 6. The number of benzene rings is 2. The average molecular weight is 953 g/mol. The minimum atomic E-state index is -4.53. The van der Waals surface area contributed by atoms with Crippen molar-refractivity contribution in [3.8, 4) is 11.5 Å². The Morgan fingerprint density at radius 3 is 2.70 bits per heavy atom. The van der Waals surface area contributed by atoms with Crippen LogP contribution in [0.25, 0.3) is 11.2 Å². The van der Waals surface area contributed by atoms with Gasteiger partial charge in [-0.05, 0) is 70.6 Å². The minimum absolute atomic E-state index is 0.0631. The Morgan fingerprint density at radius 2 is 1.91 bits per heavy atom. The topological polar surface area (TPSA) is 281 Å². The molecule has 9 rings (SSSR count). The smallest absolute Gasteiger partial charge is 0.472 e. The molecular formula is C43H57N10O11PS. The molecule has 0 radical (unpaired) electrons. The van der Waals surface area contributed by atoms with Gasteiger partial charge in [-0.15, -0.1) is 0 Å². The first-order valence-electron chi connectivity index (χ1n) is 22.7. The number of ether oxygens (including phenoxy) is 2. The fraction of sp³-hybridized carbons (Fsp3) is 0.581. The summed E-state index contributed by atoms with van der Waals surface area (Å²) in [6, 6.07) is 7.94. The number of anilines is 3. The zero-order valence-electron chi connectivity index (χ0n) is 37.2. The van der Waals surface area contributed by atoms with Crippen LogP contribution in [0.15, 0.2) is 35.6 Å². The number of unbranched alkanes of at least 4 members (excludes halogenated alkanes) is 3. The maximum Gasteiger partial charge on any atom is 0.472 e. The van der Waals surface area contributed by atoms with E-state index in [2.05, 4.69) is 54.1 Å². The number of aromatic nitrogens is 4. The van der Waals surface area contributed by atoms with Crippen LogP contribution in [0, 0.1) is 0 Å². The maximum atomic E-state index is 13.1. The molecule has 2 aromatic heterocycles. The van der Waals surface area contributed by atoms with Crippen molar-refractivity contribution >= 4 is 58.2 Å². The van der Waals surface area contributed by atoms with Gasteiger partial charge in [0.25, 0.3) is 0 Å². The van der Waals surface area contributed by atoms with Crippen molar-refractivity contribution in [3.05, 3.63) is 52.4 Å². The first kappa shape index (κ1) is 46.3. The van der Waals surface area contributed by atoms with Crippen molar-refractivity contribution in [2.24, 2.45) is 4.99 Å². The molecule has 0 spiro atoms. The molecule has 66 heavy (non-hydrogen) atoms. The van der Waals surface area contributed by atoms with Gasteiger partial charge in [-0.2, -0.15) is 0 Å². The number of carbonyl (C=O) groups is 1. The first-order valence-corrected chi connectivity index (χ1v) is 25.7. The van der Waals surface area contributed by atoms with E-state index in [-0.39, 0.29) is 18.3 Å². The van der Waals surface area contributed by atoms with Crippen molar-refractivity contribution < 1.29 is 50.9 Å². The zero-order chi connectivity index (χ0) is 46.5. The van der Waals surface area contributed by atoms with Gasteiger partial charge in [-0.3, -0.25) is 18.4 Å². The van der Waals surface area contributed by atoms with Gasteiger partial charge in [0, 0.05) is 67.0 Å². The molecule has 0 aliphatic carbocycles. The Morgan fingerprint density at radius 1 is 1.11 bits per heavy atom. The summed E-state index contributed by atoms with van der Waals surface area (Å²) in [5, 5.41) is 19.3. The number of amides is 1. The van der Waals surface area contributed by atoms with E-state index < -0.39 is 59.7 Å². The first-order chi connectivity index (χ1) is 31.5. The van der Waals surface area contributed by atoms with Gasteiger partial charge in [0.1, 0.15) is 48.8 Å². The van der Waals surface area contributed by atoms with E-state index in [4.69, 9.17) is 29.2 Å². The van der Waals surface area contributed by atoms with Gasteiger partial charge >= 0.3 is 7.82 Å². The second kappa shape index (κ2) is 18.4. The number of hydrogen-bond donors (Lipinski definition) is 5. The summed E-state index contributed by atoms with van der Waals surface area (Å²) in [6.07, 6.45) is 3.49. The monoisotopic (exact) mass is 952 g/mol. The summed E-state index contributed by atoms with van der Waals surface area (Å²) in [5.41, 5.74) is 9.51. The van der Waals surface area contributed by atoms with Crippen LogP contribution >= 0.6 is 7.82 Å². The van der Waals surface area contributed by atoms with E-state index in [0.717, 1.165) is 73.6 Å². The van der Waals surface area contributed by atoms with Crippen molar-refractivity contribution in [2.75, 3.05) is 61.0 Å².